The zero-order chi connectivity index (χ0) is 20.3. The van der Waals surface area contributed by atoms with Crippen LogP contribution in [0.2, 0.25) is 0 Å². The number of methoxy groups -OCH3 is 1. The topological polar surface area (TPSA) is 113 Å². The number of nitro groups is 1. The van der Waals surface area contributed by atoms with Crippen LogP contribution in [0.5, 0.6) is 5.75 Å². The fourth-order valence-electron chi connectivity index (χ4n) is 2.86. The van der Waals surface area contributed by atoms with E-state index in [9.17, 15) is 24.8 Å². The molecule has 8 nitrogen and oxygen atoms in total. The van der Waals surface area contributed by atoms with Crippen molar-refractivity contribution in [1.29, 1.82) is 0 Å². The lowest BCUT2D eigenvalue weighted by Gasteiger charge is -2.31. The number of hydrogen-bond donors (Lipinski definition) is 0. The number of amides is 1. The van der Waals surface area contributed by atoms with E-state index in [0.29, 0.717) is 16.8 Å². The Kier molecular flexibility index (Phi) is 5.79. The first kappa shape index (κ1) is 19.9. The first-order chi connectivity index (χ1) is 12.7. The maximum Gasteiger partial charge on any atom is 0.328 e. The predicted octanol–water partition coefficient (Wildman–Crippen LogP) is 2.49. The van der Waals surface area contributed by atoms with Gasteiger partial charge < -0.3 is 9.84 Å². The molecule has 1 amide bonds. The zero-order valence-electron chi connectivity index (χ0n) is 15.4. The summed E-state index contributed by atoms with van der Waals surface area (Å²) in [7, 11) is 1.19. The molecule has 2 aromatic rings. The summed E-state index contributed by atoms with van der Waals surface area (Å²) in [5.41, 5.74) is 1.09. The van der Waals surface area contributed by atoms with E-state index in [1.54, 1.807) is 32.0 Å². The van der Waals surface area contributed by atoms with Gasteiger partial charge in [0.2, 0.25) is 0 Å². The van der Waals surface area contributed by atoms with Crippen molar-refractivity contribution in [2.45, 2.75) is 26.8 Å². The van der Waals surface area contributed by atoms with Crippen LogP contribution in [0.4, 0.5) is 11.4 Å². The van der Waals surface area contributed by atoms with E-state index in [1.807, 2.05) is 0 Å². The van der Waals surface area contributed by atoms with Gasteiger partial charge in [0.25, 0.3) is 11.6 Å². The number of rotatable bonds is 5. The van der Waals surface area contributed by atoms with Crippen molar-refractivity contribution in [3.8, 4) is 5.75 Å². The van der Waals surface area contributed by atoms with Crippen LogP contribution in [0.3, 0.4) is 0 Å². The molecule has 1 atom stereocenters. The van der Waals surface area contributed by atoms with E-state index in [2.05, 4.69) is 0 Å². The molecule has 0 radical (unpaired) electrons. The Hall–Kier alpha value is -3.42. The molecule has 0 aromatic heterocycles. The highest BCUT2D eigenvalue weighted by molar-refractivity contribution is 6.11. The molecule has 0 aliphatic carbocycles. The lowest BCUT2D eigenvalue weighted by molar-refractivity contribution is -0.385. The summed E-state index contributed by atoms with van der Waals surface area (Å²) >= 11 is 0. The van der Waals surface area contributed by atoms with Crippen LogP contribution in [-0.2, 0) is 9.53 Å². The van der Waals surface area contributed by atoms with Crippen LogP contribution in [0.25, 0.3) is 0 Å². The number of nitro benzene ring substituents is 1. The largest absolute Gasteiger partial charge is 0.872 e. The number of anilines is 1. The standard InChI is InChI=1S/C19H20N2O6/c1-11-6-5-7-12(2)17(11)20(13(3)19(24)27-4)18(23)15-10-14(21(25)26)8-9-16(15)22/h5-10,13,22H,1-4H3/p-1/t13-/m1/s1. The van der Waals surface area contributed by atoms with Gasteiger partial charge in [-0.2, -0.15) is 0 Å². The summed E-state index contributed by atoms with van der Waals surface area (Å²) < 4.78 is 4.75. The molecule has 0 saturated carbocycles. The highest BCUT2D eigenvalue weighted by atomic mass is 16.6. The molecule has 0 saturated heterocycles. The second-order valence-electron chi connectivity index (χ2n) is 6.05. The molecule has 27 heavy (non-hydrogen) atoms. The molecular formula is C19H19N2O6-. The maximum atomic E-state index is 13.2. The van der Waals surface area contributed by atoms with Crippen LogP contribution in [0.15, 0.2) is 36.4 Å². The van der Waals surface area contributed by atoms with E-state index in [0.717, 1.165) is 23.1 Å². The highest BCUT2D eigenvalue weighted by Crippen LogP contribution is 2.31. The number of para-hydroxylation sites is 1. The van der Waals surface area contributed by atoms with Crippen molar-refractivity contribution < 1.29 is 24.4 Å². The smallest absolute Gasteiger partial charge is 0.328 e. The number of carbonyl (C=O) groups is 2. The number of esters is 1. The average molecular weight is 371 g/mol. The summed E-state index contributed by atoms with van der Waals surface area (Å²) in [5, 5.41) is 23.2. The summed E-state index contributed by atoms with van der Waals surface area (Å²) in [6.45, 7) is 4.99. The maximum absolute atomic E-state index is 13.2. The van der Waals surface area contributed by atoms with Crippen LogP contribution < -0.4 is 10.0 Å². The van der Waals surface area contributed by atoms with Crippen LogP contribution in [0, 0.1) is 24.0 Å². The zero-order valence-corrected chi connectivity index (χ0v) is 15.4. The fraction of sp³-hybridized carbons (Fsp3) is 0.263. The molecule has 0 fully saturated rings. The lowest BCUT2D eigenvalue weighted by atomic mass is 10.0. The van der Waals surface area contributed by atoms with Gasteiger partial charge >= 0.3 is 5.97 Å². The number of ether oxygens (including phenoxy) is 1. The minimum absolute atomic E-state index is 0.384. The Bertz CT molecular complexity index is 889. The van der Waals surface area contributed by atoms with Gasteiger partial charge in [0.1, 0.15) is 6.04 Å². The molecule has 0 N–H and O–H groups in total. The van der Waals surface area contributed by atoms with Crippen molar-refractivity contribution in [2.24, 2.45) is 0 Å². The van der Waals surface area contributed by atoms with E-state index in [4.69, 9.17) is 4.74 Å². The van der Waals surface area contributed by atoms with Crippen LogP contribution in [-0.4, -0.2) is 30.0 Å². The second kappa shape index (κ2) is 7.86. The number of aryl methyl sites for hydroxylation is 2. The fourth-order valence-corrected chi connectivity index (χ4v) is 2.86. The van der Waals surface area contributed by atoms with E-state index < -0.39 is 28.6 Å². The van der Waals surface area contributed by atoms with Crippen molar-refractivity contribution in [3.63, 3.8) is 0 Å². The molecule has 0 heterocycles. The number of benzene rings is 2. The minimum Gasteiger partial charge on any atom is -0.872 e. The van der Waals surface area contributed by atoms with Crippen LogP contribution >= 0.6 is 0 Å². The van der Waals surface area contributed by atoms with Crippen molar-refractivity contribution in [2.75, 3.05) is 12.0 Å². The molecule has 0 aliphatic heterocycles. The molecule has 8 heteroatoms. The van der Waals surface area contributed by atoms with Crippen molar-refractivity contribution in [3.05, 3.63) is 63.2 Å². The second-order valence-corrected chi connectivity index (χ2v) is 6.05. The number of nitrogens with zero attached hydrogens (tertiary/aromatic N) is 2. The Balaban J connectivity index is 2.68. The minimum atomic E-state index is -1.04. The highest BCUT2D eigenvalue weighted by Gasteiger charge is 2.31. The van der Waals surface area contributed by atoms with Gasteiger partial charge in [-0.1, -0.05) is 30.0 Å². The Morgan fingerprint density at radius 3 is 2.26 bits per heavy atom. The summed E-state index contributed by atoms with van der Waals surface area (Å²) in [6.07, 6.45) is 0. The molecule has 2 aromatic carbocycles. The van der Waals surface area contributed by atoms with Gasteiger partial charge in [0, 0.05) is 17.7 Å². The van der Waals surface area contributed by atoms with E-state index >= 15 is 0 Å². The molecule has 0 unspecified atom stereocenters. The molecule has 0 aliphatic rings. The van der Waals surface area contributed by atoms with Gasteiger partial charge in [-0.25, -0.2) is 4.79 Å². The third-order valence-corrected chi connectivity index (χ3v) is 4.23. The third kappa shape index (κ3) is 3.89. The van der Waals surface area contributed by atoms with Gasteiger partial charge in [0.15, 0.2) is 0 Å². The summed E-state index contributed by atoms with van der Waals surface area (Å²) in [4.78, 5) is 36.8. The normalized spacial score (nSPS) is 11.6. The lowest BCUT2D eigenvalue weighted by Crippen LogP contribution is -2.45. The third-order valence-electron chi connectivity index (χ3n) is 4.23. The molecule has 2 rings (SSSR count). The number of carbonyl (C=O) groups excluding carboxylic acids is 2. The quantitative estimate of drug-likeness (QED) is 0.453. The number of non-ortho nitro benzene ring substituents is 1. The van der Waals surface area contributed by atoms with E-state index in [1.165, 1.54) is 14.0 Å². The average Bonchev–Trinajstić information content (AvgIpc) is 2.63. The predicted molar refractivity (Wildman–Crippen MR) is 96.7 cm³/mol. The molecule has 0 spiro atoms. The first-order valence-corrected chi connectivity index (χ1v) is 8.12. The monoisotopic (exact) mass is 371 g/mol. The van der Waals surface area contributed by atoms with Crippen molar-refractivity contribution >= 4 is 23.3 Å². The Morgan fingerprint density at radius 1 is 1.15 bits per heavy atom. The molecule has 0 bridgehead atoms. The van der Waals surface area contributed by atoms with Gasteiger partial charge in [-0.05, 0) is 31.9 Å². The first-order valence-electron chi connectivity index (χ1n) is 8.12. The van der Waals surface area contributed by atoms with Crippen LogP contribution in [0.1, 0.15) is 28.4 Å². The van der Waals surface area contributed by atoms with Gasteiger partial charge in [0.05, 0.1) is 17.7 Å². The SMILES string of the molecule is COC(=O)[C@@H](C)N(C(=O)c1cc([N+](=O)[O-])ccc1[O-])c1c(C)cccc1C. The summed E-state index contributed by atoms with van der Waals surface area (Å²) in [5.74, 6) is -2.15. The van der Waals surface area contributed by atoms with E-state index in [-0.39, 0.29) is 11.3 Å². The number of hydrogen-bond acceptors (Lipinski definition) is 6. The summed E-state index contributed by atoms with van der Waals surface area (Å²) in [6, 6.07) is 7.21. The molecule has 142 valence electrons. The Labute approximate surface area is 156 Å². The Morgan fingerprint density at radius 2 is 1.74 bits per heavy atom. The van der Waals surface area contributed by atoms with Crippen molar-refractivity contribution in [1.82, 2.24) is 0 Å². The van der Waals surface area contributed by atoms with Gasteiger partial charge in [-0.15, -0.1) is 0 Å². The molecular weight excluding hydrogens is 352 g/mol. The van der Waals surface area contributed by atoms with Gasteiger partial charge in [-0.3, -0.25) is 19.8 Å².